The number of hydrogen-bond donors (Lipinski definition) is 1. The topological polar surface area (TPSA) is 73.8 Å². The Hall–Kier alpha value is -3.32. The lowest BCUT2D eigenvalue weighted by Crippen LogP contribution is -2.37. The summed E-state index contributed by atoms with van der Waals surface area (Å²) in [4.78, 5) is 29.8. The number of nitrogens with one attached hydrogen (secondary N) is 1. The van der Waals surface area contributed by atoms with Crippen molar-refractivity contribution in [1.29, 1.82) is 0 Å². The third-order valence-corrected chi connectivity index (χ3v) is 5.15. The standard InChI is InChI=1S/C21H20ClN5O2/c1-25-18-17(19(28)26(2)21(25)29)27(13-15-6-4-3-5-7-15)20(24-18)23-12-14-8-10-16(22)11-9-14/h3-11H,12-13H2,1-2H3,(H,23,24). The highest BCUT2D eigenvalue weighted by molar-refractivity contribution is 6.30. The van der Waals surface area contributed by atoms with Gasteiger partial charge in [0, 0.05) is 25.7 Å². The van der Waals surface area contributed by atoms with E-state index in [2.05, 4.69) is 10.3 Å². The van der Waals surface area contributed by atoms with Crippen LogP contribution >= 0.6 is 11.6 Å². The van der Waals surface area contributed by atoms with Crippen molar-refractivity contribution in [1.82, 2.24) is 18.7 Å². The van der Waals surface area contributed by atoms with E-state index in [1.54, 1.807) is 7.05 Å². The molecule has 0 fully saturated rings. The molecule has 29 heavy (non-hydrogen) atoms. The SMILES string of the molecule is Cn1c(=O)c2c(nc(NCc3ccc(Cl)cc3)n2Cc2ccccc2)n(C)c1=O. The van der Waals surface area contributed by atoms with Gasteiger partial charge in [0.1, 0.15) is 0 Å². The van der Waals surface area contributed by atoms with E-state index in [4.69, 9.17) is 11.6 Å². The van der Waals surface area contributed by atoms with Crippen LogP contribution in [-0.4, -0.2) is 18.7 Å². The fraction of sp³-hybridized carbons (Fsp3) is 0.190. The second-order valence-corrected chi connectivity index (χ2v) is 7.30. The molecule has 8 heteroatoms. The molecule has 7 nitrogen and oxygen atoms in total. The molecule has 4 rings (SSSR count). The van der Waals surface area contributed by atoms with Crippen LogP contribution in [0.1, 0.15) is 11.1 Å². The first-order valence-corrected chi connectivity index (χ1v) is 9.52. The zero-order valence-corrected chi connectivity index (χ0v) is 16.8. The van der Waals surface area contributed by atoms with Gasteiger partial charge in [0.2, 0.25) is 5.95 Å². The van der Waals surface area contributed by atoms with E-state index in [0.717, 1.165) is 15.7 Å². The maximum atomic E-state index is 12.9. The van der Waals surface area contributed by atoms with Crippen LogP contribution in [0, 0.1) is 0 Å². The summed E-state index contributed by atoms with van der Waals surface area (Å²) in [5.41, 5.74) is 2.01. The monoisotopic (exact) mass is 409 g/mol. The average Bonchev–Trinajstić information content (AvgIpc) is 3.09. The number of aryl methyl sites for hydroxylation is 1. The molecule has 0 atom stereocenters. The third kappa shape index (κ3) is 3.56. The predicted molar refractivity (Wildman–Crippen MR) is 115 cm³/mol. The molecule has 148 valence electrons. The van der Waals surface area contributed by atoms with Crippen molar-refractivity contribution >= 4 is 28.7 Å². The Morgan fingerprint density at radius 3 is 2.31 bits per heavy atom. The lowest BCUT2D eigenvalue weighted by molar-refractivity contribution is 0.702. The van der Waals surface area contributed by atoms with E-state index in [-0.39, 0.29) is 5.56 Å². The Morgan fingerprint density at radius 1 is 0.931 bits per heavy atom. The van der Waals surface area contributed by atoms with E-state index in [0.29, 0.717) is 35.2 Å². The Bertz CT molecular complexity index is 1290. The smallest absolute Gasteiger partial charge is 0.332 e. The van der Waals surface area contributed by atoms with Crippen molar-refractivity contribution in [2.24, 2.45) is 14.1 Å². The van der Waals surface area contributed by atoms with Gasteiger partial charge in [0.15, 0.2) is 11.2 Å². The zero-order chi connectivity index (χ0) is 20.5. The Kier molecular flexibility index (Phi) is 4.98. The number of fused-ring (bicyclic) bond motifs is 1. The second-order valence-electron chi connectivity index (χ2n) is 6.87. The molecule has 2 aromatic carbocycles. The zero-order valence-electron chi connectivity index (χ0n) is 16.1. The van der Waals surface area contributed by atoms with Gasteiger partial charge in [-0.2, -0.15) is 4.98 Å². The molecule has 1 N–H and O–H groups in total. The van der Waals surface area contributed by atoms with Gasteiger partial charge in [-0.25, -0.2) is 4.79 Å². The van der Waals surface area contributed by atoms with E-state index >= 15 is 0 Å². The molecule has 0 saturated carbocycles. The fourth-order valence-corrected chi connectivity index (χ4v) is 3.41. The van der Waals surface area contributed by atoms with Crippen molar-refractivity contribution < 1.29 is 0 Å². The maximum Gasteiger partial charge on any atom is 0.332 e. The average molecular weight is 410 g/mol. The number of halogens is 1. The highest BCUT2D eigenvalue weighted by Gasteiger charge is 2.19. The quantitative estimate of drug-likeness (QED) is 0.550. The van der Waals surface area contributed by atoms with Crippen LogP contribution < -0.4 is 16.6 Å². The number of aromatic nitrogens is 4. The molecule has 0 spiro atoms. The third-order valence-electron chi connectivity index (χ3n) is 4.90. The molecule has 0 aliphatic rings. The molecule has 0 unspecified atom stereocenters. The summed E-state index contributed by atoms with van der Waals surface area (Å²) in [6.07, 6.45) is 0. The summed E-state index contributed by atoms with van der Waals surface area (Å²) in [7, 11) is 3.09. The summed E-state index contributed by atoms with van der Waals surface area (Å²) in [6.45, 7) is 0.956. The molecule has 0 amide bonds. The summed E-state index contributed by atoms with van der Waals surface area (Å²) >= 11 is 5.96. The van der Waals surface area contributed by atoms with Crippen molar-refractivity contribution in [2.75, 3.05) is 5.32 Å². The first-order valence-electron chi connectivity index (χ1n) is 9.14. The lowest BCUT2D eigenvalue weighted by atomic mass is 10.2. The van der Waals surface area contributed by atoms with Crippen LogP contribution in [0.3, 0.4) is 0 Å². The number of anilines is 1. The normalized spacial score (nSPS) is 11.1. The van der Waals surface area contributed by atoms with Crippen LogP contribution in [0.2, 0.25) is 5.02 Å². The Balaban J connectivity index is 1.83. The number of nitrogens with zero attached hydrogens (tertiary/aromatic N) is 4. The summed E-state index contributed by atoms with van der Waals surface area (Å²) in [5, 5.41) is 3.97. The number of benzene rings is 2. The van der Waals surface area contributed by atoms with Crippen LogP contribution in [-0.2, 0) is 27.2 Å². The van der Waals surface area contributed by atoms with Crippen LogP contribution in [0.25, 0.3) is 11.2 Å². The first-order chi connectivity index (χ1) is 14.0. The summed E-state index contributed by atoms with van der Waals surface area (Å²) in [5.74, 6) is 0.525. The number of imidazole rings is 1. The van der Waals surface area contributed by atoms with Gasteiger partial charge in [0.05, 0.1) is 6.54 Å². The number of rotatable bonds is 5. The highest BCUT2D eigenvalue weighted by atomic mass is 35.5. The van der Waals surface area contributed by atoms with Gasteiger partial charge in [-0.1, -0.05) is 54.1 Å². The molecule has 0 aliphatic carbocycles. The van der Waals surface area contributed by atoms with Gasteiger partial charge < -0.3 is 5.32 Å². The molecule has 4 aromatic rings. The second kappa shape index (κ2) is 7.60. The van der Waals surface area contributed by atoms with Gasteiger partial charge in [-0.3, -0.25) is 18.5 Å². The minimum atomic E-state index is -0.406. The Labute approximate surface area is 171 Å². The molecule has 0 bridgehead atoms. The van der Waals surface area contributed by atoms with E-state index < -0.39 is 5.69 Å². The number of hydrogen-bond acceptors (Lipinski definition) is 4. The molecular formula is C21H20ClN5O2. The largest absolute Gasteiger partial charge is 0.351 e. The van der Waals surface area contributed by atoms with Crippen molar-refractivity contribution in [2.45, 2.75) is 13.1 Å². The summed E-state index contributed by atoms with van der Waals surface area (Å²) in [6, 6.07) is 17.3. The molecule has 0 aliphatic heterocycles. The highest BCUT2D eigenvalue weighted by Crippen LogP contribution is 2.19. The first kappa shape index (κ1) is 19.0. The van der Waals surface area contributed by atoms with Gasteiger partial charge >= 0.3 is 5.69 Å². The van der Waals surface area contributed by atoms with E-state index in [9.17, 15) is 9.59 Å². The van der Waals surface area contributed by atoms with E-state index in [1.165, 1.54) is 11.6 Å². The van der Waals surface area contributed by atoms with Crippen molar-refractivity contribution in [3.05, 3.63) is 91.6 Å². The van der Waals surface area contributed by atoms with Crippen LogP contribution in [0.5, 0.6) is 0 Å². The molecule has 0 saturated heterocycles. The van der Waals surface area contributed by atoms with Crippen LogP contribution in [0.15, 0.2) is 64.2 Å². The predicted octanol–water partition coefficient (Wildman–Crippen LogP) is 2.75. The van der Waals surface area contributed by atoms with Gasteiger partial charge in [-0.05, 0) is 23.3 Å². The van der Waals surface area contributed by atoms with Gasteiger partial charge in [0.25, 0.3) is 5.56 Å². The molecule has 2 heterocycles. The Morgan fingerprint density at radius 2 is 1.62 bits per heavy atom. The minimum Gasteiger partial charge on any atom is -0.351 e. The molecule has 2 aromatic heterocycles. The maximum absolute atomic E-state index is 12.9. The van der Waals surface area contributed by atoms with E-state index in [1.807, 2.05) is 59.2 Å². The van der Waals surface area contributed by atoms with Crippen LogP contribution in [0.4, 0.5) is 5.95 Å². The molecular weight excluding hydrogens is 390 g/mol. The lowest BCUT2D eigenvalue weighted by Gasteiger charge is -2.11. The minimum absolute atomic E-state index is 0.354. The van der Waals surface area contributed by atoms with Crippen molar-refractivity contribution in [3.8, 4) is 0 Å². The van der Waals surface area contributed by atoms with Gasteiger partial charge in [-0.15, -0.1) is 0 Å². The molecule has 0 radical (unpaired) electrons. The fourth-order valence-electron chi connectivity index (χ4n) is 3.28. The summed E-state index contributed by atoms with van der Waals surface area (Å²) < 4.78 is 4.32. The van der Waals surface area contributed by atoms with Crippen molar-refractivity contribution in [3.63, 3.8) is 0 Å².